The van der Waals surface area contributed by atoms with Gasteiger partial charge in [0.2, 0.25) is 11.7 Å². The number of hydrogen-bond acceptors (Lipinski definition) is 7. The number of rotatable bonds is 3. The van der Waals surface area contributed by atoms with Crippen molar-refractivity contribution in [3.05, 3.63) is 64.6 Å². The third-order valence-electron chi connectivity index (χ3n) is 6.15. The molecule has 0 spiro atoms. The van der Waals surface area contributed by atoms with Crippen LogP contribution in [0.15, 0.2) is 58.4 Å². The van der Waals surface area contributed by atoms with Gasteiger partial charge in [-0.3, -0.25) is 19.4 Å². The molecule has 3 aliphatic heterocycles. The quantitative estimate of drug-likeness (QED) is 0.669. The fourth-order valence-corrected chi connectivity index (χ4v) is 5.68. The molecule has 33 heavy (non-hydrogen) atoms. The molecule has 1 aromatic heterocycles. The summed E-state index contributed by atoms with van der Waals surface area (Å²) in [7, 11) is 0. The number of piperidine rings is 1. The zero-order valence-electron chi connectivity index (χ0n) is 17.8. The number of aromatic nitrogens is 1. The van der Waals surface area contributed by atoms with Gasteiger partial charge in [-0.1, -0.05) is 48.2 Å². The van der Waals surface area contributed by atoms with Gasteiger partial charge in [-0.25, -0.2) is 0 Å². The number of benzene rings is 1. The standard InChI is InChI=1S/C23H23N5O3S2/c29-19-13-28(17-5-2-1-3-6-17)25-22(19)24-20(30)14-33-23(32)26-10-15-9-16(12-26)18-7-4-8-21(31)27(18)11-15/h1-8,15-16H,9-14H2,(H,24,25,30)/t15-,16-/m0/s1. The first kappa shape index (κ1) is 21.8. The van der Waals surface area contributed by atoms with Crippen LogP contribution in [0.4, 0.5) is 5.69 Å². The van der Waals surface area contributed by atoms with E-state index in [4.69, 9.17) is 12.2 Å². The molecule has 2 atom stereocenters. The summed E-state index contributed by atoms with van der Waals surface area (Å²) in [6, 6.07) is 14.8. The predicted molar refractivity (Wildman–Crippen MR) is 133 cm³/mol. The van der Waals surface area contributed by atoms with Crippen molar-refractivity contribution in [2.75, 3.05) is 30.4 Å². The van der Waals surface area contributed by atoms with Gasteiger partial charge in [-0.05, 0) is 30.5 Å². The van der Waals surface area contributed by atoms with Crippen molar-refractivity contribution >= 4 is 51.5 Å². The van der Waals surface area contributed by atoms with E-state index in [2.05, 4.69) is 15.3 Å². The second kappa shape index (κ2) is 9.11. The van der Waals surface area contributed by atoms with Gasteiger partial charge in [0.05, 0.1) is 11.4 Å². The van der Waals surface area contributed by atoms with Crippen molar-refractivity contribution in [3.8, 4) is 0 Å². The van der Waals surface area contributed by atoms with E-state index in [1.54, 1.807) is 11.1 Å². The topological polar surface area (TPSA) is 87.0 Å². The second-order valence-electron chi connectivity index (χ2n) is 8.47. The van der Waals surface area contributed by atoms with Crippen LogP contribution >= 0.6 is 24.0 Å². The highest BCUT2D eigenvalue weighted by Gasteiger charge is 2.35. The molecule has 1 N–H and O–H groups in total. The Labute approximate surface area is 200 Å². The molecule has 0 saturated carbocycles. The second-order valence-corrected chi connectivity index (χ2v) is 10.1. The SMILES string of the molecule is O=C(CSC(=S)N1C[C@@H]2C[C@@H](C1)c1cccc(=O)n1C2)NC1=NN(c2ccccc2)CC1=O. The van der Waals surface area contributed by atoms with E-state index in [0.717, 1.165) is 30.9 Å². The van der Waals surface area contributed by atoms with Crippen molar-refractivity contribution in [1.82, 2.24) is 14.8 Å². The number of thioether (sulfide) groups is 1. The van der Waals surface area contributed by atoms with E-state index >= 15 is 0 Å². The Balaban J connectivity index is 1.16. The third-order valence-corrected chi connectivity index (χ3v) is 7.68. The summed E-state index contributed by atoms with van der Waals surface area (Å²) >= 11 is 6.91. The number of carbonyl (C=O) groups excluding carboxylic acids is 2. The number of nitrogens with one attached hydrogen (secondary N) is 1. The summed E-state index contributed by atoms with van der Waals surface area (Å²) in [5, 5.41) is 8.45. The molecule has 1 aromatic carbocycles. The normalized spacial score (nSPS) is 21.5. The predicted octanol–water partition coefficient (Wildman–Crippen LogP) is 1.80. The molecular formula is C23H23N5O3S2. The number of hydrazone groups is 1. The first-order chi connectivity index (χ1) is 16.0. The van der Waals surface area contributed by atoms with Crippen molar-refractivity contribution < 1.29 is 9.59 Å². The summed E-state index contributed by atoms with van der Waals surface area (Å²) in [5.74, 6) is 0.255. The van der Waals surface area contributed by atoms with Gasteiger partial charge < -0.3 is 14.8 Å². The molecule has 2 bridgehead atoms. The monoisotopic (exact) mass is 481 g/mol. The number of ketones is 1. The van der Waals surface area contributed by atoms with Crippen molar-refractivity contribution in [1.29, 1.82) is 0 Å². The van der Waals surface area contributed by atoms with Gasteiger partial charge in [-0.2, -0.15) is 5.10 Å². The molecule has 0 aliphatic carbocycles. The molecular weight excluding hydrogens is 458 g/mol. The number of thiocarbonyl (C=S) groups is 1. The molecule has 3 aliphatic rings. The molecule has 0 unspecified atom stereocenters. The van der Waals surface area contributed by atoms with Gasteiger partial charge in [0.15, 0.2) is 5.84 Å². The number of anilines is 1. The van der Waals surface area contributed by atoms with Crippen LogP contribution in [0.3, 0.4) is 0 Å². The number of nitrogens with zero attached hydrogens (tertiary/aromatic N) is 4. The number of amidine groups is 1. The lowest BCUT2D eigenvalue weighted by Gasteiger charge is -2.43. The van der Waals surface area contributed by atoms with Crippen LogP contribution in [0, 0.1) is 5.92 Å². The van der Waals surface area contributed by atoms with Gasteiger partial charge in [-0.15, -0.1) is 0 Å². The molecule has 4 heterocycles. The number of hydrogen-bond donors (Lipinski definition) is 1. The lowest BCUT2D eigenvalue weighted by Crippen LogP contribution is -2.48. The molecule has 2 aromatic rings. The summed E-state index contributed by atoms with van der Waals surface area (Å²) in [4.78, 5) is 39.1. The van der Waals surface area contributed by atoms with E-state index in [1.165, 1.54) is 11.8 Å². The van der Waals surface area contributed by atoms with Crippen LogP contribution in [0.5, 0.6) is 0 Å². The van der Waals surface area contributed by atoms with Crippen LogP contribution < -0.4 is 15.9 Å². The minimum absolute atomic E-state index is 0.0551. The Hall–Kier alpha value is -2.98. The molecule has 0 radical (unpaired) electrons. The van der Waals surface area contributed by atoms with Crippen LogP contribution in [0.2, 0.25) is 0 Å². The fraction of sp³-hybridized carbons (Fsp3) is 0.348. The highest BCUT2D eigenvalue weighted by atomic mass is 32.2. The smallest absolute Gasteiger partial charge is 0.250 e. The maximum Gasteiger partial charge on any atom is 0.250 e. The Kier molecular flexibility index (Phi) is 6.03. The van der Waals surface area contributed by atoms with Crippen molar-refractivity contribution in [2.45, 2.75) is 18.9 Å². The summed E-state index contributed by atoms with van der Waals surface area (Å²) < 4.78 is 2.55. The van der Waals surface area contributed by atoms with E-state index in [0.29, 0.717) is 16.8 Å². The minimum Gasteiger partial charge on any atom is -0.356 e. The summed E-state index contributed by atoms with van der Waals surface area (Å²) in [6.45, 7) is 2.33. The van der Waals surface area contributed by atoms with Crippen molar-refractivity contribution in [3.63, 3.8) is 0 Å². The molecule has 10 heteroatoms. The third kappa shape index (κ3) is 4.58. The van der Waals surface area contributed by atoms with E-state index in [-0.39, 0.29) is 41.3 Å². The summed E-state index contributed by atoms with van der Waals surface area (Å²) in [5.41, 5.74) is 1.92. The van der Waals surface area contributed by atoms with E-state index < -0.39 is 0 Å². The van der Waals surface area contributed by atoms with Gasteiger partial charge >= 0.3 is 0 Å². The first-order valence-electron chi connectivity index (χ1n) is 10.8. The average molecular weight is 482 g/mol. The number of fused-ring (bicyclic) bond motifs is 4. The largest absolute Gasteiger partial charge is 0.356 e. The van der Waals surface area contributed by atoms with Gasteiger partial charge in [0.1, 0.15) is 10.9 Å². The maximum atomic E-state index is 12.5. The van der Waals surface area contributed by atoms with Gasteiger partial charge in [0.25, 0.3) is 5.56 Å². The average Bonchev–Trinajstić information content (AvgIpc) is 3.18. The number of pyridine rings is 1. The lowest BCUT2D eigenvalue weighted by molar-refractivity contribution is -0.118. The maximum absolute atomic E-state index is 12.5. The number of Topliss-reactive ketones (excluding diaryl/α,β-unsaturated/α-hetero) is 1. The highest BCUT2D eigenvalue weighted by molar-refractivity contribution is 8.23. The van der Waals surface area contributed by atoms with Crippen LogP contribution in [0.25, 0.3) is 0 Å². The number of amides is 1. The molecule has 170 valence electrons. The Morgan fingerprint density at radius 2 is 1.91 bits per heavy atom. The lowest BCUT2D eigenvalue weighted by atomic mass is 9.83. The number of para-hydroxylation sites is 1. The van der Waals surface area contributed by atoms with Gasteiger partial charge in [0, 0.05) is 37.3 Å². The molecule has 1 amide bonds. The Bertz CT molecular complexity index is 1200. The van der Waals surface area contributed by atoms with Crippen molar-refractivity contribution in [2.24, 2.45) is 11.0 Å². The fourth-order valence-electron chi connectivity index (χ4n) is 4.70. The number of likely N-dealkylation sites (tertiary alicyclic amines) is 1. The Morgan fingerprint density at radius 3 is 2.73 bits per heavy atom. The Morgan fingerprint density at radius 1 is 1.09 bits per heavy atom. The first-order valence-corrected chi connectivity index (χ1v) is 12.2. The molecule has 8 nitrogen and oxygen atoms in total. The van der Waals surface area contributed by atoms with E-state index in [1.807, 2.05) is 47.0 Å². The van der Waals surface area contributed by atoms with E-state index in [9.17, 15) is 14.4 Å². The highest BCUT2D eigenvalue weighted by Crippen LogP contribution is 2.36. The molecule has 1 saturated heterocycles. The zero-order valence-corrected chi connectivity index (χ0v) is 19.5. The molecule has 1 fully saturated rings. The van der Waals surface area contributed by atoms with Crippen LogP contribution in [-0.2, 0) is 16.1 Å². The van der Waals surface area contributed by atoms with Crippen LogP contribution in [0.1, 0.15) is 18.0 Å². The number of carbonyl (C=O) groups is 2. The summed E-state index contributed by atoms with van der Waals surface area (Å²) in [6.07, 6.45) is 1.05. The molecule has 5 rings (SSSR count). The zero-order chi connectivity index (χ0) is 22.9. The van der Waals surface area contributed by atoms with Crippen LogP contribution in [-0.4, -0.2) is 56.7 Å². The minimum atomic E-state index is -0.307.